The summed E-state index contributed by atoms with van der Waals surface area (Å²) in [5.74, 6) is 2.45. The van der Waals surface area contributed by atoms with E-state index >= 15 is 0 Å². The second-order valence-corrected chi connectivity index (χ2v) is 8.39. The number of nitrogens with two attached hydrogens (primary N) is 1. The van der Waals surface area contributed by atoms with E-state index in [1.165, 1.54) is 0 Å². The van der Waals surface area contributed by atoms with Gasteiger partial charge in [0, 0.05) is 36.9 Å². The van der Waals surface area contributed by atoms with Gasteiger partial charge in [0.25, 0.3) is 0 Å². The van der Waals surface area contributed by atoms with E-state index in [4.69, 9.17) is 20.2 Å². The van der Waals surface area contributed by atoms with Gasteiger partial charge < -0.3 is 25.1 Å². The molecule has 1 aliphatic heterocycles. The van der Waals surface area contributed by atoms with Crippen LogP contribution in [-0.4, -0.2) is 58.7 Å². The number of unbranched alkanes of at least 4 members (excludes halogenated alkanes) is 2. The first-order chi connectivity index (χ1) is 15.6. The van der Waals surface area contributed by atoms with Crippen molar-refractivity contribution in [2.24, 2.45) is 0 Å². The summed E-state index contributed by atoms with van der Waals surface area (Å²) < 4.78 is 11.4. The number of amides is 1. The molecule has 0 radical (unpaired) electrons. The van der Waals surface area contributed by atoms with Gasteiger partial charge in [-0.3, -0.25) is 4.79 Å². The van der Waals surface area contributed by atoms with Gasteiger partial charge in [-0.25, -0.2) is 9.97 Å². The Labute approximate surface area is 188 Å². The van der Waals surface area contributed by atoms with Crippen LogP contribution in [-0.2, 0) is 16.0 Å². The van der Waals surface area contributed by atoms with E-state index in [0.717, 1.165) is 71.2 Å². The Kier molecular flexibility index (Phi) is 7.09. The van der Waals surface area contributed by atoms with Gasteiger partial charge in [-0.1, -0.05) is 13.3 Å². The minimum Gasteiger partial charge on any atom is -0.493 e. The predicted molar refractivity (Wildman–Crippen MR) is 126 cm³/mol. The Bertz CT molecular complexity index is 1090. The molecule has 3 N–H and O–H groups in total. The van der Waals surface area contributed by atoms with Crippen molar-refractivity contribution in [2.45, 2.75) is 52.4 Å². The second-order valence-electron chi connectivity index (χ2n) is 8.39. The third kappa shape index (κ3) is 4.80. The Morgan fingerprint density at radius 1 is 1.22 bits per heavy atom. The smallest absolute Gasteiger partial charge is 0.222 e. The molecule has 2 aromatic heterocycles. The van der Waals surface area contributed by atoms with Gasteiger partial charge in [0.1, 0.15) is 28.4 Å². The van der Waals surface area contributed by atoms with Crippen LogP contribution in [0.2, 0.25) is 0 Å². The van der Waals surface area contributed by atoms with Crippen LogP contribution in [0.25, 0.3) is 21.9 Å². The van der Waals surface area contributed by atoms with Crippen LogP contribution in [0.4, 0.5) is 5.82 Å². The SMILES string of the molecule is CCCCc1nc2c([nH]1)c(N)nc1ccc(OCCCCC(=O)N3CCOCC3)c(C)c12. The lowest BCUT2D eigenvalue weighted by molar-refractivity contribution is -0.135. The van der Waals surface area contributed by atoms with E-state index in [0.29, 0.717) is 45.1 Å². The molecule has 172 valence electrons. The van der Waals surface area contributed by atoms with Gasteiger partial charge in [0.05, 0.1) is 25.3 Å². The number of pyridine rings is 1. The van der Waals surface area contributed by atoms with Crippen LogP contribution in [0.5, 0.6) is 5.75 Å². The van der Waals surface area contributed by atoms with Crippen molar-refractivity contribution in [1.82, 2.24) is 19.9 Å². The highest BCUT2D eigenvalue weighted by Crippen LogP contribution is 2.33. The monoisotopic (exact) mass is 439 g/mol. The number of fused-ring (bicyclic) bond motifs is 3. The number of morpholine rings is 1. The molecule has 0 spiro atoms. The average Bonchev–Trinajstić information content (AvgIpc) is 3.24. The van der Waals surface area contributed by atoms with Gasteiger partial charge >= 0.3 is 0 Å². The summed E-state index contributed by atoms with van der Waals surface area (Å²) in [6, 6.07) is 3.88. The number of rotatable bonds is 9. The van der Waals surface area contributed by atoms with Crippen molar-refractivity contribution >= 4 is 33.7 Å². The maximum absolute atomic E-state index is 12.3. The number of aromatic nitrogens is 3. The number of carbonyl (C=O) groups excluding carboxylic acids is 1. The Hall–Kier alpha value is -2.87. The number of aromatic amines is 1. The first-order valence-electron chi connectivity index (χ1n) is 11.6. The fraction of sp³-hybridized carbons (Fsp3) is 0.542. The maximum Gasteiger partial charge on any atom is 0.222 e. The number of imidazole rings is 1. The third-order valence-electron chi connectivity index (χ3n) is 6.05. The Balaban J connectivity index is 1.42. The van der Waals surface area contributed by atoms with E-state index in [2.05, 4.69) is 16.9 Å². The minimum absolute atomic E-state index is 0.207. The molecule has 0 atom stereocenters. The first-order valence-corrected chi connectivity index (χ1v) is 11.6. The summed E-state index contributed by atoms with van der Waals surface area (Å²) in [6.45, 7) is 7.45. The van der Waals surface area contributed by atoms with Crippen molar-refractivity contribution in [3.8, 4) is 5.75 Å². The summed E-state index contributed by atoms with van der Waals surface area (Å²) in [7, 11) is 0. The molecule has 8 nitrogen and oxygen atoms in total. The molecule has 8 heteroatoms. The molecule has 1 saturated heterocycles. The summed E-state index contributed by atoms with van der Waals surface area (Å²) in [5, 5.41) is 0.980. The highest BCUT2D eigenvalue weighted by Gasteiger charge is 2.17. The molecule has 1 fully saturated rings. The highest BCUT2D eigenvalue weighted by atomic mass is 16.5. The van der Waals surface area contributed by atoms with E-state index in [1.807, 2.05) is 24.0 Å². The van der Waals surface area contributed by atoms with Crippen LogP contribution in [0, 0.1) is 6.92 Å². The Morgan fingerprint density at radius 3 is 2.81 bits per heavy atom. The topological polar surface area (TPSA) is 106 Å². The Morgan fingerprint density at radius 2 is 2.03 bits per heavy atom. The first kappa shape index (κ1) is 22.3. The number of benzene rings is 1. The minimum atomic E-state index is 0.207. The molecule has 4 rings (SSSR count). The second kappa shape index (κ2) is 10.2. The number of carbonyl (C=O) groups is 1. The number of nitrogens with one attached hydrogen (secondary N) is 1. The lowest BCUT2D eigenvalue weighted by Gasteiger charge is -2.26. The number of anilines is 1. The fourth-order valence-electron chi connectivity index (χ4n) is 4.19. The molecule has 0 saturated carbocycles. The molecule has 3 aromatic rings. The predicted octanol–water partition coefficient (Wildman–Crippen LogP) is 3.75. The van der Waals surface area contributed by atoms with Gasteiger partial charge in [-0.15, -0.1) is 0 Å². The molecule has 0 aliphatic carbocycles. The van der Waals surface area contributed by atoms with Crippen LogP contribution in [0.1, 0.15) is 50.4 Å². The van der Waals surface area contributed by atoms with Crippen LogP contribution in [0.3, 0.4) is 0 Å². The largest absolute Gasteiger partial charge is 0.493 e. The molecule has 1 aromatic carbocycles. The zero-order chi connectivity index (χ0) is 22.5. The number of nitrogen functional groups attached to an aromatic ring is 1. The van der Waals surface area contributed by atoms with Crippen LogP contribution in [0.15, 0.2) is 12.1 Å². The lowest BCUT2D eigenvalue weighted by Crippen LogP contribution is -2.40. The van der Waals surface area contributed by atoms with Gasteiger partial charge in [-0.05, 0) is 38.3 Å². The van der Waals surface area contributed by atoms with E-state index in [9.17, 15) is 4.79 Å². The number of ether oxygens (including phenoxy) is 2. The highest BCUT2D eigenvalue weighted by molar-refractivity contribution is 6.08. The molecule has 0 unspecified atom stereocenters. The summed E-state index contributed by atoms with van der Waals surface area (Å²) in [6.07, 6.45) is 5.27. The molecule has 1 aliphatic rings. The number of hydrogen-bond acceptors (Lipinski definition) is 6. The molecular formula is C24H33N5O3. The summed E-state index contributed by atoms with van der Waals surface area (Å²) in [5.41, 5.74) is 9.68. The zero-order valence-electron chi connectivity index (χ0n) is 19.1. The summed E-state index contributed by atoms with van der Waals surface area (Å²) in [4.78, 5) is 26.9. The van der Waals surface area contributed by atoms with Crippen molar-refractivity contribution in [3.05, 3.63) is 23.5 Å². The number of H-pyrrole nitrogens is 1. The van der Waals surface area contributed by atoms with E-state index in [-0.39, 0.29) is 5.91 Å². The van der Waals surface area contributed by atoms with E-state index < -0.39 is 0 Å². The molecular weight excluding hydrogens is 406 g/mol. The number of hydrogen-bond donors (Lipinski definition) is 2. The van der Waals surface area contributed by atoms with Crippen molar-refractivity contribution in [2.75, 3.05) is 38.6 Å². The standard InChI is InChI=1S/C24H33N5O3/c1-3-4-7-19-27-22-21-16(2)18(10-9-17(21)26-24(25)23(22)28-19)32-13-6-5-8-20(30)29-11-14-31-15-12-29/h9-10H,3-8,11-15H2,1-2H3,(H2,25,26)(H,27,28). The zero-order valence-corrected chi connectivity index (χ0v) is 19.1. The molecule has 32 heavy (non-hydrogen) atoms. The average molecular weight is 440 g/mol. The normalized spacial score (nSPS) is 14.4. The quantitative estimate of drug-likeness (QED) is 0.492. The molecule has 0 bridgehead atoms. The third-order valence-corrected chi connectivity index (χ3v) is 6.05. The van der Waals surface area contributed by atoms with Crippen molar-refractivity contribution in [1.29, 1.82) is 0 Å². The summed E-state index contributed by atoms with van der Waals surface area (Å²) >= 11 is 0. The fourth-order valence-corrected chi connectivity index (χ4v) is 4.19. The van der Waals surface area contributed by atoms with Crippen LogP contribution >= 0.6 is 0 Å². The van der Waals surface area contributed by atoms with Gasteiger partial charge in [0.2, 0.25) is 5.91 Å². The van der Waals surface area contributed by atoms with Crippen LogP contribution < -0.4 is 10.5 Å². The number of aryl methyl sites for hydroxylation is 2. The molecule has 3 heterocycles. The van der Waals surface area contributed by atoms with Crippen molar-refractivity contribution < 1.29 is 14.3 Å². The number of nitrogens with zero attached hydrogens (tertiary/aromatic N) is 3. The molecule has 1 amide bonds. The van der Waals surface area contributed by atoms with Gasteiger partial charge in [-0.2, -0.15) is 0 Å². The van der Waals surface area contributed by atoms with E-state index in [1.54, 1.807) is 0 Å². The lowest BCUT2D eigenvalue weighted by atomic mass is 10.1. The maximum atomic E-state index is 12.3. The van der Waals surface area contributed by atoms with Crippen molar-refractivity contribution in [3.63, 3.8) is 0 Å². The van der Waals surface area contributed by atoms with Gasteiger partial charge in [0.15, 0.2) is 0 Å².